The molecular weight excluding hydrogens is 179 g/mol. The molecule has 0 heterocycles. The second-order valence-electron chi connectivity index (χ2n) is 3.52. The van der Waals surface area contributed by atoms with E-state index in [1.807, 2.05) is 13.1 Å². The van der Waals surface area contributed by atoms with E-state index in [0.717, 1.165) is 19.1 Å². The summed E-state index contributed by atoms with van der Waals surface area (Å²) in [5, 5.41) is 0. The fourth-order valence-corrected chi connectivity index (χ4v) is 1.86. The quantitative estimate of drug-likeness (QED) is 0.395. The largest absolute Gasteiger partial charge is 1.00 e. The standard InChI is InChI=1S/C8H20O3Si.Li.H/c1-10-6-7-11-5-4-8-12(2,3)9;;/h9H,4-8H2,1-3H3;;/q;+1;-1. The molecule has 13 heavy (non-hydrogen) atoms. The van der Waals surface area contributed by atoms with Crippen molar-refractivity contribution in [3.63, 3.8) is 0 Å². The van der Waals surface area contributed by atoms with Crippen LogP contribution in [0.25, 0.3) is 0 Å². The summed E-state index contributed by atoms with van der Waals surface area (Å²) in [5.41, 5.74) is 0. The van der Waals surface area contributed by atoms with Crippen molar-refractivity contribution < 1.29 is 34.6 Å². The molecule has 0 aromatic heterocycles. The maximum Gasteiger partial charge on any atom is 1.00 e. The zero-order valence-electron chi connectivity index (χ0n) is 10.3. The van der Waals surface area contributed by atoms with E-state index in [1.54, 1.807) is 7.11 Å². The molecule has 0 rings (SSSR count). The van der Waals surface area contributed by atoms with Gasteiger partial charge in [0.1, 0.15) is 0 Å². The molecule has 0 aromatic carbocycles. The van der Waals surface area contributed by atoms with Gasteiger partial charge in [-0.25, -0.2) is 0 Å². The molecule has 0 aliphatic carbocycles. The zero-order valence-corrected chi connectivity index (χ0v) is 10.3. The Morgan fingerprint density at radius 1 is 1.23 bits per heavy atom. The molecule has 0 saturated carbocycles. The topological polar surface area (TPSA) is 38.7 Å². The van der Waals surface area contributed by atoms with Crippen LogP contribution in [0.1, 0.15) is 7.85 Å². The molecule has 0 atom stereocenters. The molecule has 0 fully saturated rings. The predicted molar refractivity (Wildman–Crippen MR) is 52.9 cm³/mol. The van der Waals surface area contributed by atoms with Crippen LogP contribution in [0.2, 0.25) is 19.1 Å². The average Bonchev–Trinajstić information content (AvgIpc) is 1.94. The number of rotatable bonds is 7. The maximum absolute atomic E-state index is 9.48. The Morgan fingerprint density at radius 2 is 1.85 bits per heavy atom. The van der Waals surface area contributed by atoms with Crippen LogP contribution in [0.4, 0.5) is 0 Å². The monoisotopic (exact) mass is 200 g/mol. The first-order valence-corrected chi connectivity index (χ1v) is 7.51. The van der Waals surface area contributed by atoms with E-state index < -0.39 is 8.32 Å². The summed E-state index contributed by atoms with van der Waals surface area (Å²) in [6.07, 6.45) is 0.958. The summed E-state index contributed by atoms with van der Waals surface area (Å²) in [7, 11) is -0.177. The smallest absolute Gasteiger partial charge is 1.00 e. The fraction of sp³-hybridized carbons (Fsp3) is 1.00. The van der Waals surface area contributed by atoms with Crippen molar-refractivity contribution in [2.75, 3.05) is 26.9 Å². The number of hydrogen-bond donors (Lipinski definition) is 1. The molecule has 1 N–H and O–H groups in total. The van der Waals surface area contributed by atoms with Gasteiger partial charge in [0.2, 0.25) is 0 Å². The first-order valence-electron chi connectivity index (χ1n) is 4.35. The number of ether oxygens (including phenoxy) is 2. The van der Waals surface area contributed by atoms with Crippen molar-refractivity contribution in [1.29, 1.82) is 0 Å². The van der Waals surface area contributed by atoms with Gasteiger partial charge in [0.15, 0.2) is 8.32 Å². The Kier molecular flexibility index (Phi) is 11.5. The molecule has 0 saturated heterocycles. The number of hydrogen-bond acceptors (Lipinski definition) is 3. The molecule has 76 valence electrons. The van der Waals surface area contributed by atoms with Crippen molar-refractivity contribution in [2.45, 2.75) is 25.6 Å². The summed E-state index contributed by atoms with van der Waals surface area (Å²) < 4.78 is 10.1. The van der Waals surface area contributed by atoms with Crippen LogP contribution >= 0.6 is 0 Å². The van der Waals surface area contributed by atoms with Gasteiger partial charge < -0.3 is 15.7 Å². The van der Waals surface area contributed by atoms with Gasteiger partial charge in [0.25, 0.3) is 0 Å². The summed E-state index contributed by atoms with van der Waals surface area (Å²) in [6.45, 7) is 5.94. The summed E-state index contributed by atoms with van der Waals surface area (Å²) >= 11 is 0. The van der Waals surface area contributed by atoms with Gasteiger partial charge in [-0.2, -0.15) is 0 Å². The van der Waals surface area contributed by atoms with Gasteiger partial charge in [-0.3, -0.25) is 0 Å². The van der Waals surface area contributed by atoms with E-state index in [9.17, 15) is 4.80 Å². The molecular formula is C8H21LiO3Si. The normalized spacial score (nSPS) is 11.1. The van der Waals surface area contributed by atoms with Crippen molar-refractivity contribution >= 4 is 8.32 Å². The average molecular weight is 200 g/mol. The van der Waals surface area contributed by atoms with E-state index in [4.69, 9.17) is 9.47 Å². The Balaban J connectivity index is -0.000000605. The van der Waals surface area contributed by atoms with Gasteiger partial charge in [-0.15, -0.1) is 0 Å². The van der Waals surface area contributed by atoms with E-state index in [0.29, 0.717) is 13.2 Å². The van der Waals surface area contributed by atoms with Crippen molar-refractivity contribution in [1.82, 2.24) is 0 Å². The minimum Gasteiger partial charge on any atom is -1.00 e. The fourth-order valence-electron chi connectivity index (χ4n) is 0.851. The third kappa shape index (κ3) is 15.4. The van der Waals surface area contributed by atoms with Crippen LogP contribution in [0.15, 0.2) is 0 Å². The first-order chi connectivity index (χ1) is 5.56. The molecule has 0 spiro atoms. The van der Waals surface area contributed by atoms with Crippen LogP contribution in [-0.4, -0.2) is 40.0 Å². The minimum absolute atomic E-state index is 0. The van der Waals surface area contributed by atoms with E-state index >= 15 is 0 Å². The molecule has 0 bridgehead atoms. The van der Waals surface area contributed by atoms with Gasteiger partial charge in [0.05, 0.1) is 13.2 Å². The second kappa shape index (κ2) is 9.26. The molecule has 0 unspecified atom stereocenters. The van der Waals surface area contributed by atoms with E-state index in [2.05, 4.69) is 0 Å². The van der Waals surface area contributed by atoms with Crippen molar-refractivity contribution in [3.05, 3.63) is 0 Å². The number of methoxy groups -OCH3 is 1. The van der Waals surface area contributed by atoms with Gasteiger partial charge in [-0.05, 0) is 25.6 Å². The van der Waals surface area contributed by atoms with Crippen molar-refractivity contribution in [3.8, 4) is 0 Å². The Morgan fingerprint density at radius 3 is 2.31 bits per heavy atom. The van der Waals surface area contributed by atoms with Crippen LogP contribution in [-0.2, 0) is 9.47 Å². The SMILES string of the molecule is COCCOCCC[Si](C)(C)O.[H-].[Li+]. The third-order valence-electron chi connectivity index (χ3n) is 1.51. The van der Waals surface area contributed by atoms with Crippen LogP contribution in [0.5, 0.6) is 0 Å². The first kappa shape index (κ1) is 16.1. The molecule has 0 amide bonds. The summed E-state index contributed by atoms with van der Waals surface area (Å²) in [6, 6.07) is 0.917. The second-order valence-corrected chi connectivity index (χ2v) is 7.65. The van der Waals surface area contributed by atoms with Crippen LogP contribution < -0.4 is 18.9 Å². The zero-order chi connectivity index (χ0) is 9.45. The summed E-state index contributed by atoms with van der Waals surface area (Å²) in [4.78, 5) is 9.48. The Labute approximate surface area is 95.6 Å². The van der Waals surface area contributed by atoms with E-state index in [-0.39, 0.29) is 20.3 Å². The summed E-state index contributed by atoms with van der Waals surface area (Å²) in [5.74, 6) is 0. The Hall–Kier alpha value is 0.694. The predicted octanol–water partition coefficient (Wildman–Crippen LogP) is -1.65. The molecule has 0 aromatic rings. The molecule has 0 radical (unpaired) electrons. The molecule has 5 heteroatoms. The maximum atomic E-state index is 9.48. The van der Waals surface area contributed by atoms with Gasteiger partial charge in [0, 0.05) is 13.7 Å². The van der Waals surface area contributed by atoms with Crippen LogP contribution in [0, 0.1) is 0 Å². The van der Waals surface area contributed by atoms with E-state index in [1.165, 1.54) is 0 Å². The molecule has 0 aliphatic heterocycles. The van der Waals surface area contributed by atoms with Gasteiger partial charge >= 0.3 is 18.9 Å². The van der Waals surface area contributed by atoms with Crippen molar-refractivity contribution in [2.24, 2.45) is 0 Å². The molecule has 0 aliphatic rings. The van der Waals surface area contributed by atoms with Crippen LogP contribution in [0.3, 0.4) is 0 Å². The minimum atomic E-state index is -1.84. The molecule has 3 nitrogen and oxygen atoms in total. The van der Waals surface area contributed by atoms with Gasteiger partial charge in [-0.1, -0.05) is 0 Å². The Bertz CT molecular complexity index is 111. The third-order valence-corrected chi connectivity index (χ3v) is 3.09.